The third kappa shape index (κ3) is 5.29. The number of carbonyl (C=O) groups is 1. The Hall–Kier alpha value is -2.10. The standard InChI is InChI=1S/C25H30N2O.ClH/c1-26-19-23(22-9-5-6-10-24(22)26)25(28)12-11-21-14-17-27(18-15-21)16-13-20-7-3-2-4-8-20;/h2-10,19,21H,11-18H2,1H3;1H. The average molecular weight is 411 g/mol. The number of rotatable bonds is 7. The first-order valence-corrected chi connectivity index (χ1v) is 10.5. The predicted molar refractivity (Wildman–Crippen MR) is 123 cm³/mol. The third-order valence-corrected chi connectivity index (χ3v) is 6.24. The number of piperidine rings is 1. The van der Waals surface area contributed by atoms with Crippen molar-refractivity contribution in [2.75, 3.05) is 19.6 Å². The van der Waals surface area contributed by atoms with Crippen LogP contribution in [0.4, 0.5) is 0 Å². The Labute approximate surface area is 180 Å². The number of Topliss-reactive ketones (excluding diaryl/α,β-unsaturated/α-hetero) is 1. The molecule has 0 spiro atoms. The van der Waals surface area contributed by atoms with Gasteiger partial charge in [-0.15, -0.1) is 12.4 Å². The zero-order valence-corrected chi connectivity index (χ0v) is 18.0. The lowest BCUT2D eigenvalue weighted by molar-refractivity contribution is 0.0964. The average Bonchev–Trinajstić information content (AvgIpc) is 3.09. The van der Waals surface area contributed by atoms with Crippen LogP contribution in [0.5, 0.6) is 0 Å². The maximum absolute atomic E-state index is 12.8. The summed E-state index contributed by atoms with van der Waals surface area (Å²) in [6.45, 7) is 3.48. The van der Waals surface area contributed by atoms with Crippen LogP contribution in [-0.2, 0) is 13.5 Å². The quantitative estimate of drug-likeness (QED) is 0.479. The first-order chi connectivity index (χ1) is 13.7. The fourth-order valence-electron chi connectivity index (χ4n) is 4.46. The number of aryl methyl sites for hydroxylation is 1. The van der Waals surface area contributed by atoms with Crippen molar-refractivity contribution in [2.45, 2.75) is 32.1 Å². The van der Waals surface area contributed by atoms with Gasteiger partial charge in [-0.3, -0.25) is 4.79 Å². The predicted octanol–water partition coefficient (Wildman–Crippen LogP) is 5.52. The monoisotopic (exact) mass is 410 g/mol. The number of carbonyl (C=O) groups excluding carboxylic acids is 1. The van der Waals surface area contributed by atoms with E-state index in [1.54, 1.807) is 0 Å². The number of nitrogens with zero attached hydrogens (tertiary/aromatic N) is 2. The van der Waals surface area contributed by atoms with E-state index < -0.39 is 0 Å². The van der Waals surface area contributed by atoms with Crippen LogP contribution < -0.4 is 0 Å². The molecular formula is C25H31ClN2O. The topological polar surface area (TPSA) is 25.2 Å². The first kappa shape index (κ1) is 21.6. The van der Waals surface area contributed by atoms with E-state index in [1.807, 2.05) is 25.4 Å². The maximum atomic E-state index is 12.8. The van der Waals surface area contributed by atoms with E-state index in [4.69, 9.17) is 0 Å². The summed E-state index contributed by atoms with van der Waals surface area (Å²) in [5.41, 5.74) is 3.45. The first-order valence-electron chi connectivity index (χ1n) is 10.5. The van der Waals surface area contributed by atoms with E-state index in [2.05, 4.69) is 51.9 Å². The lowest BCUT2D eigenvalue weighted by Gasteiger charge is -2.31. The normalized spacial score (nSPS) is 15.3. The van der Waals surface area contributed by atoms with Crippen LogP contribution in [0, 0.1) is 5.92 Å². The Balaban J connectivity index is 0.00000240. The van der Waals surface area contributed by atoms with E-state index >= 15 is 0 Å². The van der Waals surface area contributed by atoms with Gasteiger partial charge in [0.15, 0.2) is 5.78 Å². The number of aromatic nitrogens is 1. The van der Waals surface area contributed by atoms with Crippen molar-refractivity contribution in [1.82, 2.24) is 9.47 Å². The molecule has 1 saturated heterocycles. The molecule has 3 aromatic rings. The summed E-state index contributed by atoms with van der Waals surface area (Å²) in [5, 5.41) is 1.09. The molecule has 0 atom stereocenters. The van der Waals surface area contributed by atoms with E-state index in [1.165, 1.54) is 31.5 Å². The summed E-state index contributed by atoms with van der Waals surface area (Å²) in [7, 11) is 2.02. The van der Waals surface area contributed by atoms with E-state index in [0.717, 1.165) is 35.9 Å². The zero-order chi connectivity index (χ0) is 19.3. The molecule has 1 aliphatic rings. The third-order valence-electron chi connectivity index (χ3n) is 6.24. The highest BCUT2D eigenvalue weighted by Gasteiger charge is 2.21. The van der Waals surface area contributed by atoms with Gasteiger partial charge in [-0.25, -0.2) is 0 Å². The van der Waals surface area contributed by atoms with Gasteiger partial charge in [-0.1, -0.05) is 48.5 Å². The fourth-order valence-corrected chi connectivity index (χ4v) is 4.46. The number of benzene rings is 2. The lowest BCUT2D eigenvalue weighted by atomic mass is 9.90. The minimum Gasteiger partial charge on any atom is -0.350 e. The smallest absolute Gasteiger partial charge is 0.165 e. The van der Waals surface area contributed by atoms with Crippen molar-refractivity contribution in [3.05, 3.63) is 71.9 Å². The summed E-state index contributed by atoms with van der Waals surface area (Å²) >= 11 is 0. The molecule has 1 aromatic heterocycles. The second-order valence-corrected chi connectivity index (χ2v) is 8.15. The van der Waals surface area contributed by atoms with Gasteiger partial charge in [-0.2, -0.15) is 0 Å². The summed E-state index contributed by atoms with van der Waals surface area (Å²) in [5.74, 6) is 0.982. The van der Waals surface area contributed by atoms with Crippen LogP contribution in [0.2, 0.25) is 0 Å². The highest BCUT2D eigenvalue weighted by molar-refractivity contribution is 6.08. The minimum atomic E-state index is 0. The van der Waals surface area contributed by atoms with Gasteiger partial charge >= 0.3 is 0 Å². The second kappa shape index (κ2) is 10.1. The van der Waals surface area contributed by atoms with Gasteiger partial charge in [0.1, 0.15) is 0 Å². The molecule has 3 nitrogen and oxygen atoms in total. The molecule has 0 radical (unpaired) electrons. The Kier molecular flexibility index (Phi) is 7.51. The maximum Gasteiger partial charge on any atom is 0.165 e. The minimum absolute atomic E-state index is 0. The molecule has 1 aliphatic heterocycles. The zero-order valence-electron chi connectivity index (χ0n) is 17.2. The van der Waals surface area contributed by atoms with E-state index in [0.29, 0.717) is 18.1 Å². The van der Waals surface area contributed by atoms with E-state index in [9.17, 15) is 4.79 Å². The molecular weight excluding hydrogens is 380 g/mol. The van der Waals surface area contributed by atoms with Gasteiger partial charge in [0.25, 0.3) is 0 Å². The van der Waals surface area contributed by atoms with Gasteiger partial charge in [0.2, 0.25) is 0 Å². The molecule has 0 unspecified atom stereocenters. The van der Waals surface area contributed by atoms with Gasteiger partial charge in [-0.05, 0) is 56.3 Å². The van der Waals surface area contributed by atoms with E-state index in [-0.39, 0.29) is 12.4 Å². The molecule has 0 bridgehead atoms. The molecule has 4 rings (SSSR count). The summed E-state index contributed by atoms with van der Waals surface area (Å²) in [6, 6.07) is 18.9. The summed E-state index contributed by atoms with van der Waals surface area (Å²) in [6.07, 6.45) is 7.26. The van der Waals surface area contributed by atoms with Crippen molar-refractivity contribution in [1.29, 1.82) is 0 Å². The lowest BCUT2D eigenvalue weighted by Crippen LogP contribution is -2.35. The molecule has 29 heavy (non-hydrogen) atoms. The van der Waals surface area contributed by atoms with Gasteiger partial charge < -0.3 is 9.47 Å². The number of hydrogen-bond acceptors (Lipinski definition) is 2. The highest BCUT2D eigenvalue weighted by atomic mass is 35.5. The molecule has 2 aromatic carbocycles. The molecule has 0 amide bonds. The highest BCUT2D eigenvalue weighted by Crippen LogP contribution is 2.26. The fraction of sp³-hybridized carbons (Fsp3) is 0.400. The van der Waals surface area contributed by atoms with Crippen LogP contribution in [0.3, 0.4) is 0 Å². The van der Waals surface area contributed by atoms with Gasteiger partial charge in [0.05, 0.1) is 0 Å². The van der Waals surface area contributed by atoms with Crippen molar-refractivity contribution < 1.29 is 4.79 Å². The number of para-hydroxylation sites is 1. The molecule has 1 fully saturated rings. The Bertz CT molecular complexity index is 926. The van der Waals surface area contributed by atoms with Crippen molar-refractivity contribution in [3.8, 4) is 0 Å². The largest absolute Gasteiger partial charge is 0.350 e. The van der Waals surface area contributed by atoms with Crippen molar-refractivity contribution in [2.24, 2.45) is 13.0 Å². The second-order valence-electron chi connectivity index (χ2n) is 8.15. The Morgan fingerprint density at radius 2 is 1.69 bits per heavy atom. The Morgan fingerprint density at radius 1 is 1.00 bits per heavy atom. The molecule has 0 saturated carbocycles. The number of likely N-dealkylation sites (tertiary alicyclic amines) is 1. The van der Waals surface area contributed by atoms with Crippen LogP contribution in [-0.4, -0.2) is 34.9 Å². The molecule has 4 heteroatoms. The molecule has 0 N–H and O–H groups in total. The van der Waals surface area contributed by atoms with Crippen LogP contribution in [0.25, 0.3) is 10.9 Å². The van der Waals surface area contributed by atoms with Crippen LogP contribution >= 0.6 is 12.4 Å². The SMILES string of the molecule is Cl.Cn1cc(C(=O)CCC2CCN(CCc3ccccc3)CC2)c2ccccc21. The van der Waals surface area contributed by atoms with Crippen LogP contribution in [0.1, 0.15) is 41.6 Å². The van der Waals surface area contributed by atoms with Crippen molar-refractivity contribution >= 4 is 29.1 Å². The van der Waals surface area contributed by atoms with Crippen LogP contribution in [0.15, 0.2) is 60.8 Å². The number of ketones is 1. The number of halogens is 1. The summed E-state index contributed by atoms with van der Waals surface area (Å²) in [4.78, 5) is 15.4. The van der Waals surface area contributed by atoms with Crippen molar-refractivity contribution in [3.63, 3.8) is 0 Å². The summed E-state index contributed by atoms with van der Waals surface area (Å²) < 4.78 is 2.06. The van der Waals surface area contributed by atoms with Gasteiger partial charge in [0, 0.05) is 42.7 Å². The number of fused-ring (bicyclic) bond motifs is 1. The molecule has 2 heterocycles. The molecule has 0 aliphatic carbocycles. The molecule has 154 valence electrons. The number of hydrogen-bond donors (Lipinski definition) is 0. The Morgan fingerprint density at radius 3 is 2.45 bits per heavy atom.